The third kappa shape index (κ3) is 11.4. The van der Waals surface area contributed by atoms with Gasteiger partial charge in [0.25, 0.3) is 14.1 Å². The standard InChI is InChI=1S/C50H68N7O9PSi/c1-32(2)45(58)54-48-53-44-41(46(59)55-48)52-31-56(44)47-43(66-68(12,13)49(7,8)9)42(65-67(63-29-17-28-51)57(33(3)4)34(5)6)40(64-47)30-62-50(35-18-15-14-16-19-35,36-20-24-38(60-10)25-21-36)37-22-26-39(61-11)27-23-37/h14-16,18-27,31-34,40,42-43,47H,17,29-30H2,1-13H3,(H2,53,54,55,58,59). The highest BCUT2D eigenvalue weighted by atomic mass is 31.2. The van der Waals surface area contributed by atoms with Crippen molar-refractivity contribution in [3.05, 3.63) is 112 Å². The second kappa shape index (κ2) is 22.2. The minimum Gasteiger partial charge on any atom is -0.497 e. The Bertz CT molecular complexity index is 2490. The molecule has 1 fully saturated rings. The summed E-state index contributed by atoms with van der Waals surface area (Å²) in [5.74, 6) is 0.647. The molecule has 1 saturated heterocycles. The van der Waals surface area contributed by atoms with E-state index < -0.39 is 52.5 Å². The average molecular weight is 970 g/mol. The fourth-order valence-electron chi connectivity index (χ4n) is 7.95. The van der Waals surface area contributed by atoms with Crippen molar-refractivity contribution in [1.29, 1.82) is 5.26 Å². The second-order valence-electron chi connectivity index (χ2n) is 19.2. The number of benzene rings is 3. The molecule has 0 radical (unpaired) electrons. The predicted molar refractivity (Wildman–Crippen MR) is 266 cm³/mol. The summed E-state index contributed by atoms with van der Waals surface area (Å²) in [6.07, 6.45) is -1.90. The van der Waals surface area contributed by atoms with Crippen LogP contribution in [0, 0.1) is 17.2 Å². The van der Waals surface area contributed by atoms with Crippen molar-refractivity contribution in [2.75, 3.05) is 32.8 Å². The van der Waals surface area contributed by atoms with Gasteiger partial charge in [-0.3, -0.25) is 24.5 Å². The molecule has 0 spiro atoms. The van der Waals surface area contributed by atoms with Crippen LogP contribution in [0.5, 0.6) is 11.5 Å². The molecule has 16 nitrogen and oxygen atoms in total. The Morgan fingerprint density at radius 3 is 2.00 bits per heavy atom. The maximum Gasteiger partial charge on any atom is 0.280 e. The summed E-state index contributed by atoms with van der Waals surface area (Å²) < 4.78 is 51.3. The Labute approximate surface area is 402 Å². The number of carbonyl (C=O) groups excluding carboxylic acids is 1. The number of hydrogen-bond acceptors (Lipinski definition) is 13. The minimum atomic E-state index is -2.70. The number of hydrogen-bond donors (Lipinski definition) is 2. The van der Waals surface area contributed by atoms with Gasteiger partial charge in [-0.25, -0.2) is 9.65 Å². The first-order valence-corrected chi connectivity index (χ1v) is 27.1. The molecule has 0 aliphatic carbocycles. The van der Waals surface area contributed by atoms with Crippen LogP contribution in [0.1, 0.15) is 91.7 Å². The van der Waals surface area contributed by atoms with Crippen molar-refractivity contribution in [2.24, 2.45) is 5.92 Å². The van der Waals surface area contributed by atoms with Crippen molar-refractivity contribution >= 4 is 39.9 Å². The summed E-state index contributed by atoms with van der Waals surface area (Å²) >= 11 is 0. The van der Waals surface area contributed by atoms with E-state index in [0.717, 1.165) is 16.7 Å². The number of nitrogens with one attached hydrogen (secondary N) is 2. The number of imidazole rings is 1. The summed E-state index contributed by atoms with van der Waals surface area (Å²) in [5.41, 5.74) is 0.963. The Morgan fingerprint density at radius 2 is 1.49 bits per heavy atom. The van der Waals surface area contributed by atoms with E-state index in [1.54, 1.807) is 32.6 Å². The molecule has 1 amide bonds. The van der Waals surface area contributed by atoms with E-state index in [-0.39, 0.29) is 65.7 Å². The average Bonchev–Trinajstić information content (AvgIpc) is 3.87. The predicted octanol–water partition coefficient (Wildman–Crippen LogP) is 9.69. The second-order valence-corrected chi connectivity index (χ2v) is 25.4. The molecule has 1 aliphatic heterocycles. The van der Waals surface area contributed by atoms with Crippen LogP contribution in [0.15, 0.2) is 90.0 Å². The van der Waals surface area contributed by atoms with Crippen molar-refractivity contribution in [1.82, 2.24) is 24.2 Å². The third-order valence-corrected chi connectivity index (χ3v) is 19.1. The maximum atomic E-state index is 13.6. The van der Waals surface area contributed by atoms with Crippen molar-refractivity contribution < 1.29 is 37.2 Å². The molecule has 3 heterocycles. The van der Waals surface area contributed by atoms with E-state index in [9.17, 15) is 14.9 Å². The molecule has 6 rings (SSSR count). The zero-order chi connectivity index (χ0) is 49.6. The molecule has 2 N–H and O–H groups in total. The lowest BCUT2D eigenvalue weighted by atomic mass is 9.80. The number of amides is 1. The molecular formula is C50H68N7O9PSi. The summed E-state index contributed by atoms with van der Waals surface area (Å²) in [6, 6.07) is 27.8. The molecule has 366 valence electrons. The lowest BCUT2D eigenvalue weighted by Gasteiger charge is -2.42. The van der Waals surface area contributed by atoms with Crippen LogP contribution in [0.2, 0.25) is 18.1 Å². The molecular weight excluding hydrogens is 902 g/mol. The third-order valence-electron chi connectivity index (χ3n) is 12.5. The van der Waals surface area contributed by atoms with Crippen LogP contribution in [0.4, 0.5) is 5.95 Å². The fourth-order valence-corrected chi connectivity index (χ4v) is 11.0. The molecule has 5 unspecified atom stereocenters. The van der Waals surface area contributed by atoms with Gasteiger partial charge in [0.05, 0.1) is 46.3 Å². The van der Waals surface area contributed by atoms with Gasteiger partial charge in [-0.2, -0.15) is 10.2 Å². The number of carbonyl (C=O) groups is 1. The quantitative estimate of drug-likeness (QED) is 0.0307. The molecule has 5 atom stereocenters. The van der Waals surface area contributed by atoms with Crippen LogP contribution in [-0.2, 0) is 33.3 Å². The largest absolute Gasteiger partial charge is 0.497 e. The highest BCUT2D eigenvalue weighted by Gasteiger charge is 2.54. The maximum absolute atomic E-state index is 13.6. The van der Waals surface area contributed by atoms with Gasteiger partial charge in [-0.1, -0.05) is 89.2 Å². The number of methoxy groups -OCH3 is 2. The summed E-state index contributed by atoms with van der Waals surface area (Å²) in [4.78, 5) is 38.5. The van der Waals surface area contributed by atoms with E-state index in [1.807, 2.05) is 78.9 Å². The van der Waals surface area contributed by atoms with E-state index in [2.05, 4.69) is 87.6 Å². The Hall–Kier alpha value is -5.02. The highest BCUT2D eigenvalue weighted by Crippen LogP contribution is 2.53. The van der Waals surface area contributed by atoms with Crippen molar-refractivity contribution in [3.63, 3.8) is 0 Å². The summed E-state index contributed by atoms with van der Waals surface area (Å²) in [7, 11) is -1.30. The van der Waals surface area contributed by atoms with Gasteiger partial charge < -0.3 is 32.4 Å². The SMILES string of the molecule is COc1ccc(C(OCC2OC(n3cnc4c(=O)[nH]c(NC(=O)C(C)C)nc43)C(O[Si](C)(C)C(C)(C)C)C2OP(OCCC#N)N(C(C)C)C(C)C)(c2ccccc2)c2ccc(OC)cc2)cc1. The smallest absolute Gasteiger partial charge is 0.280 e. The first kappa shape index (κ1) is 52.4. The highest BCUT2D eigenvalue weighted by molar-refractivity contribution is 7.44. The molecule has 0 saturated carbocycles. The lowest BCUT2D eigenvalue weighted by molar-refractivity contribution is -0.118. The Morgan fingerprint density at radius 1 is 0.912 bits per heavy atom. The topological polar surface area (TPSA) is 184 Å². The van der Waals surface area contributed by atoms with Gasteiger partial charge in [0.15, 0.2) is 25.7 Å². The molecule has 0 bridgehead atoms. The van der Waals surface area contributed by atoms with Crippen LogP contribution >= 0.6 is 8.53 Å². The number of nitriles is 1. The van der Waals surface area contributed by atoms with Gasteiger partial charge in [0.2, 0.25) is 11.9 Å². The van der Waals surface area contributed by atoms with Gasteiger partial charge in [0, 0.05) is 18.0 Å². The number of fused-ring (bicyclic) bond motifs is 1. The number of aromatic nitrogens is 4. The van der Waals surface area contributed by atoms with Gasteiger partial charge >= 0.3 is 0 Å². The van der Waals surface area contributed by atoms with E-state index in [1.165, 1.54) is 6.33 Å². The zero-order valence-corrected chi connectivity index (χ0v) is 43.5. The lowest BCUT2D eigenvalue weighted by Crippen LogP contribution is -2.50. The van der Waals surface area contributed by atoms with Gasteiger partial charge in [0.1, 0.15) is 35.4 Å². The van der Waals surface area contributed by atoms with E-state index >= 15 is 0 Å². The van der Waals surface area contributed by atoms with Crippen LogP contribution in [0.3, 0.4) is 0 Å². The number of aromatic amines is 1. The first-order chi connectivity index (χ1) is 32.3. The molecule has 5 aromatic rings. The monoisotopic (exact) mass is 969 g/mol. The number of anilines is 1. The van der Waals surface area contributed by atoms with Gasteiger partial charge in [-0.05, 0) is 86.8 Å². The zero-order valence-electron chi connectivity index (χ0n) is 41.6. The van der Waals surface area contributed by atoms with Gasteiger partial charge in [-0.15, -0.1) is 0 Å². The Kier molecular flexibility index (Phi) is 17.1. The molecule has 68 heavy (non-hydrogen) atoms. The first-order valence-electron chi connectivity index (χ1n) is 23.1. The molecule has 2 aromatic heterocycles. The number of H-pyrrole nitrogens is 1. The van der Waals surface area contributed by atoms with Crippen LogP contribution in [-0.4, -0.2) is 96.2 Å². The molecule has 18 heteroatoms. The fraction of sp³-hybridized carbons (Fsp3) is 0.500. The van der Waals surface area contributed by atoms with E-state index in [0.29, 0.717) is 11.5 Å². The van der Waals surface area contributed by atoms with E-state index in [4.69, 9.17) is 37.4 Å². The van der Waals surface area contributed by atoms with Crippen LogP contribution < -0.4 is 20.3 Å². The molecule has 3 aromatic carbocycles. The van der Waals surface area contributed by atoms with Crippen molar-refractivity contribution in [3.8, 4) is 17.6 Å². The number of rotatable bonds is 21. The normalized spacial score (nSPS) is 18.4. The summed E-state index contributed by atoms with van der Waals surface area (Å²) in [5, 5.41) is 12.1. The van der Waals surface area contributed by atoms with Crippen LogP contribution in [0.25, 0.3) is 11.2 Å². The number of ether oxygens (including phenoxy) is 4. The minimum absolute atomic E-state index is 0.0142. The number of nitrogens with zero attached hydrogens (tertiary/aromatic N) is 5. The summed E-state index contributed by atoms with van der Waals surface area (Å²) in [6.45, 7) is 22.7. The van der Waals surface area contributed by atoms with Crippen molar-refractivity contribution in [2.45, 2.75) is 129 Å². The Balaban J connectivity index is 1.59. The molecule has 1 aliphatic rings.